The van der Waals surface area contributed by atoms with Crippen molar-refractivity contribution in [3.63, 3.8) is 0 Å². The Kier molecular flexibility index (Phi) is 10.4. The third-order valence-corrected chi connectivity index (χ3v) is 5.93. The summed E-state index contributed by atoms with van der Waals surface area (Å²) in [7, 11) is 0. The zero-order valence-corrected chi connectivity index (χ0v) is 20.3. The summed E-state index contributed by atoms with van der Waals surface area (Å²) in [5, 5.41) is 20.1. The smallest absolute Gasteiger partial charge is 0.310 e. The average Bonchev–Trinajstić information content (AvgIpc) is 2.74. The molecule has 180 valence electrons. The molecule has 5 nitrogen and oxygen atoms in total. The molecule has 0 aromatic heterocycles. The Balaban J connectivity index is 2.44. The van der Waals surface area contributed by atoms with E-state index in [1.54, 1.807) is 18.2 Å². The zero-order chi connectivity index (χ0) is 24.4. The lowest BCUT2D eigenvalue weighted by atomic mass is 9.82. The van der Waals surface area contributed by atoms with Crippen LogP contribution in [0.15, 0.2) is 48.5 Å². The third kappa shape index (κ3) is 8.56. The van der Waals surface area contributed by atoms with E-state index in [0.29, 0.717) is 47.3 Å². The summed E-state index contributed by atoms with van der Waals surface area (Å²) in [6.45, 7) is 8.47. The highest BCUT2D eigenvalue weighted by Gasteiger charge is 2.29. The van der Waals surface area contributed by atoms with Gasteiger partial charge in [-0.25, -0.2) is 0 Å². The van der Waals surface area contributed by atoms with Crippen molar-refractivity contribution in [3.05, 3.63) is 59.7 Å². The first-order valence-electron chi connectivity index (χ1n) is 12.0. The van der Waals surface area contributed by atoms with Gasteiger partial charge in [0.15, 0.2) is 0 Å². The van der Waals surface area contributed by atoms with E-state index < -0.39 is 23.8 Å². The summed E-state index contributed by atoms with van der Waals surface area (Å²) in [5.74, 6) is -1.22. The molecule has 0 aliphatic carbocycles. The Hall–Kier alpha value is -2.82. The number of hydrogen-bond acceptors (Lipinski definition) is 3. The minimum atomic E-state index is -0.928. The molecule has 5 heteroatoms. The van der Waals surface area contributed by atoms with Crippen molar-refractivity contribution in [1.82, 2.24) is 0 Å². The van der Waals surface area contributed by atoms with E-state index in [4.69, 9.17) is 4.74 Å². The molecule has 33 heavy (non-hydrogen) atoms. The number of hydrogen-bond donors (Lipinski definition) is 2. The first-order chi connectivity index (χ1) is 15.7. The number of ether oxygens (including phenoxy) is 1. The predicted molar refractivity (Wildman–Crippen MR) is 131 cm³/mol. The highest BCUT2D eigenvalue weighted by molar-refractivity contribution is 5.81. The Bertz CT molecular complexity index is 888. The van der Waals surface area contributed by atoms with E-state index >= 15 is 0 Å². The van der Waals surface area contributed by atoms with Crippen molar-refractivity contribution < 1.29 is 24.5 Å². The molecule has 2 atom stereocenters. The molecule has 0 amide bonds. The van der Waals surface area contributed by atoms with Crippen LogP contribution in [0, 0.1) is 11.8 Å². The van der Waals surface area contributed by atoms with Gasteiger partial charge in [0.1, 0.15) is 11.5 Å². The fourth-order valence-corrected chi connectivity index (χ4v) is 4.14. The minimum Gasteiger partial charge on any atom is -0.481 e. The van der Waals surface area contributed by atoms with Crippen molar-refractivity contribution in [2.45, 2.75) is 78.1 Å². The standard InChI is InChI=1S/C28H38O5/c1-19(2)10-8-14-24(27(29)30)23-17-16-22(33-21-12-6-5-7-13-21)18-26(23)25(28(31)32)15-9-11-20(3)4/h5-7,12-13,16-20,24-25H,8-11,14-15H2,1-4H3,(H,29,30)(H,31,32). The van der Waals surface area contributed by atoms with Gasteiger partial charge < -0.3 is 14.9 Å². The molecule has 0 bridgehead atoms. The summed E-state index contributed by atoms with van der Waals surface area (Å²) in [6, 6.07) is 14.5. The van der Waals surface area contributed by atoms with Crippen molar-refractivity contribution in [2.75, 3.05) is 0 Å². The molecule has 0 heterocycles. The van der Waals surface area contributed by atoms with Crippen molar-refractivity contribution in [2.24, 2.45) is 11.8 Å². The van der Waals surface area contributed by atoms with Crippen molar-refractivity contribution in [3.8, 4) is 11.5 Å². The summed E-state index contributed by atoms with van der Waals surface area (Å²) in [4.78, 5) is 24.5. The lowest BCUT2D eigenvalue weighted by Crippen LogP contribution is -2.19. The number of benzene rings is 2. The van der Waals surface area contributed by atoms with Crippen LogP contribution in [0.25, 0.3) is 0 Å². The Morgan fingerprint density at radius 1 is 0.697 bits per heavy atom. The zero-order valence-electron chi connectivity index (χ0n) is 20.3. The minimum absolute atomic E-state index is 0.466. The van der Waals surface area contributed by atoms with Gasteiger partial charge in [0.2, 0.25) is 0 Å². The second-order valence-electron chi connectivity index (χ2n) is 9.64. The lowest BCUT2D eigenvalue weighted by Gasteiger charge is -2.23. The van der Waals surface area contributed by atoms with Crippen LogP contribution in [0.3, 0.4) is 0 Å². The van der Waals surface area contributed by atoms with E-state index in [9.17, 15) is 19.8 Å². The van der Waals surface area contributed by atoms with Gasteiger partial charge in [0, 0.05) is 0 Å². The maximum Gasteiger partial charge on any atom is 0.310 e. The van der Waals surface area contributed by atoms with Gasteiger partial charge >= 0.3 is 11.9 Å². The molecule has 0 aliphatic rings. The Morgan fingerprint density at radius 2 is 1.21 bits per heavy atom. The topological polar surface area (TPSA) is 83.8 Å². The molecule has 0 radical (unpaired) electrons. The molecule has 2 aromatic carbocycles. The van der Waals surface area contributed by atoms with E-state index in [2.05, 4.69) is 27.7 Å². The van der Waals surface area contributed by atoms with Gasteiger partial charge in [-0.2, -0.15) is 0 Å². The number of carboxylic acid groups (broad SMARTS) is 2. The lowest BCUT2D eigenvalue weighted by molar-refractivity contribution is -0.140. The second-order valence-corrected chi connectivity index (χ2v) is 9.64. The predicted octanol–water partition coefficient (Wildman–Crippen LogP) is 7.47. The molecular formula is C28H38O5. The molecular weight excluding hydrogens is 416 g/mol. The Labute approximate surface area is 197 Å². The van der Waals surface area contributed by atoms with Crippen molar-refractivity contribution in [1.29, 1.82) is 0 Å². The molecule has 0 saturated heterocycles. The van der Waals surface area contributed by atoms with Gasteiger partial charge in [-0.05, 0) is 60.1 Å². The quantitative estimate of drug-likeness (QED) is 0.309. The number of carboxylic acids is 2. The highest BCUT2D eigenvalue weighted by atomic mass is 16.5. The van der Waals surface area contributed by atoms with Crippen LogP contribution in [0.2, 0.25) is 0 Å². The first kappa shape index (κ1) is 26.4. The molecule has 2 unspecified atom stereocenters. The number of carbonyl (C=O) groups is 2. The molecule has 0 fully saturated rings. The molecule has 2 aromatic rings. The summed E-state index contributed by atoms with van der Waals surface area (Å²) in [6.07, 6.45) is 4.36. The summed E-state index contributed by atoms with van der Waals surface area (Å²) in [5.41, 5.74) is 1.14. The van der Waals surface area contributed by atoms with Crippen LogP contribution in [0.5, 0.6) is 11.5 Å². The third-order valence-electron chi connectivity index (χ3n) is 5.93. The average molecular weight is 455 g/mol. The summed E-state index contributed by atoms with van der Waals surface area (Å²) < 4.78 is 5.96. The highest BCUT2D eigenvalue weighted by Crippen LogP contribution is 2.37. The maximum atomic E-state index is 12.3. The first-order valence-corrected chi connectivity index (χ1v) is 12.0. The largest absolute Gasteiger partial charge is 0.481 e. The SMILES string of the molecule is CC(C)CCCC(C(=O)O)c1ccc(Oc2ccccc2)cc1C(CCCC(C)C)C(=O)O. The maximum absolute atomic E-state index is 12.3. The van der Waals surface area contributed by atoms with E-state index in [1.165, 1.54) is 0 Å². The van der Waals surface area contributed by atoms with E-state index in [0.717, 1.165) is 25.7 Å². The van der Waals surface area contributed by atoms with Gasteiger partial charge in [0.25, 0.3) is 0 Å². The van der Waals surface area contributed by atoms with Gasteiger partial charge in [0.05, 0.1) is 11.8 Å². The van der Waals surface area contributed by atoms with Crippen molar-refractivity contribution >= 4 is 11.9 Å². The Morgan fingerprint density at radius 3 is 1.70 bits per heavy atom. The fraction of sp³-hybridized carbons (Fsp3) is 0.500. The van der Waals surface area contributed by atoms with Crippen LogP contribution in [-0.4, -0.2) is 22.2 Å². The molecule has 2 N–H and O–H groups in total. The van der Waals surface area contributed by atoms with Crippen LogP contribution < -0.4 is 4.74 Å². The van der Waals surface area contributed by atoms with E-state index in [-0.39, 0.29) is 0 Å². The number of rotatable bonds is 14. The number of aliphatic carboxylic acids is 2. The van der Waals surface area contributed by atoms with Gasteiger partial charge in [-0.15, -0.1) is 0 Å². The fourth-order valence-electron chi connectivity index (χ4n) is 4.14. The molecule has 0 spiro atoms. The number of para-hydroxylation sites is 1. The van der Waals surface area contributed by atoms with Crippen LogP contribution in [0.4, 0.5) is 0 Å². The van der Waals surface area contributed by atoms with Crippen LogP contribution in [0.1, 0.15) is 89.2 Å². The molecule has 2 rings (SSSR count). The normalized spacial score (nSPS) is 13.2. The monoisotopic (exact) mass is 454 g/mol. The molecule has 0 aliphatic heterocycles. The van der Waals surface area contributed by atoms with Gasteiger partial charge in [-0.1, -0.05) is 77.6 Å². The van der Waals surface area contributed by atoms with Crippen LogP contribution >= 0.6 is 0 Å². The van der Waals surface area contributed by atoms with E-state index in [1.807, 2.05) is 30.3 Å². The second kappa shape index (κ2) is 13.0. The van der Waals surface area contributed by atoms with Gasteiger partial charge in [-0.3, -0.25) is 9.59 Å². The summed E-state index contributed by atoms with van der Waals surface area (Å²) >= 11 is 0. The van der Waals surface area contributed by atoms with Crippen LogP contribution in [-0.2, 0) is 9.59 Å². The molecule has 0 saturated carbocycles.